The summed E-state index contributed by atoms with van der Waals surface area (Å²) in [6.45, 7) is 7.22. The SMILES string of the molecule is COC(=O)[C@@H](NC(=O)c1ccc(-c2ccc(OC)c(F)c2)cc1N)C(C)OC(C)(C)C. The van der Waals surface area contributed by atoms with Crippen molar-refractivity contribution in [3.05, 3.63) is 47.8 Å². The van der Waals surface area contributed by atoms with E-state index in [0.29, 0.717) is 11.1 Å². The van der Waals surface area contributed by atoms with Crippen LogP contribution in [0.3, 0.4) is 0 Å². The zero-order chi connectivity index (χ0) is 23.3. The Bertz CT molecular complexity index is 955. The first kappa shape index (κ1) is 24.1. The number of amides is 1. The fraction of sp³-hybridized carbons (Fsp3) is 0.391. The number of methoxy groups -OCH3 is 2. The molecule has 3 N–H and O–H groups in total. The number of nitrogen functional groups attached to an aromatic ring is 1. The number of hydrogen-bond acceptors (Lipinski definition) is 6. The number of halogens is 1. The zero-order valence-corrected chi connectivity index (χ0v) is 18.6. The van der Waals surface area contributed by atoms with Crippen LogP contribution in [0.1, 0.15) is 38.1 Å². The van der Waals surface area contributed by atoms with E-state index in [1.165, 1.54) is 32.4 Å². The van der Waals surface area contributed by atoms with Crippen LogP contribution in [0, 0.1) is 5.82 Å². The third-order valence-corrected chi connectivity index (χ3v) is 4.53. The highest BCUT2D eigenvalue weighted by molar-refractivity contribution is 6.01. The lowest BCUT2D eigenvalue weighted by Gasteiger charge is -2.30. The number of hydrogen-bond donors (Lipinski definition) is 2. The number of anilines is 1. The summed E-state index contributed by atoms with van der Waals surface area (Å²) in [5.74, 6) is -1.55. The molecule has 0 saturated heterocycles. The first-order valence-corrected chi connectivity index (χ1v) is 9.76. The number of rotatable bonds is 7. The molecule has 0 aliphatic heterocycles. The average molecular weight is 432 g/mol. The molecule has 2 aromatic carbocycles. The van der Waals surface area contributed by atoms with Gasteiger partial charge in [0.25, 0.3) is 5.91 Å². The zero-order valence-electron chi connectivity index (χ0n) is 18.6. The van der Waals surface area contributed by atoms with E-state index < -0.39 is 35.4 Å². The largest absolute Gasteiger partial charge is 0.494 e. The smallest absolute Gasteiger partial charge is 0.331 e. The van der Waals surface area contributed by atoms with Crippen molar-refractivity contribution >= 4 is 17.6 Å². The van der Waals surface area contributed by atoms with E-state index in [-0.39, 0.29) is 17.0 Å². The molecule has 7 nitrogen and oxygen atoms in total. The van der Waals surface area contributed by atoms with Crippen LogP contribution >= 0.6 is 0 Å². The summed E-state index contributed by atoms with van der Waals surface area (Å²) in [7, 11) is 2.63. The van der Waals surface area contributed by atoms with Crippen molar-refractivity contribution in [2.45, 2.75) is 45.4 Å². The minimum absolute atomic E-state index is 0.133. The Morgan fingerprint density at radius 2 is 1.68 bits per heavy atom. The number of esters is 1. The second-order valence-electron chi connectivity index (χ2n) is 8.06. The van der Waals surface area contributed by atoms with Gasteiger partial charge in [0, 0.05) is 5.69 Å². The number of carbonyl (C=O) groups is 2. The molecule has 1 amide bonds. The Hall–Kier alpha value is -3.13. The molecule has 0 bridgehead atoms. The maximum Gasteiger partial charge on any atom is 0.331 e. The Labute approximate surface area is 181 Å². The Morgan fingerprint density at radius 3 is 2.19 bits per heavy atom. The van der Waals surface area contributed by atoms with Crippen LogP contribution in [0.5, 0.6) is 5.75 Å². The van der Waals surface area contributed by atoms with Gasteiger partial charge in [-0.1, -0.05) is 12.1 Å². The van der Waals surface area contributed by atoms with E-state index in [9.17, 15) is 14.0 Å². The summed E-state index contributed by atoms with van der Waals surface area (Å²) < 4.78 is 29.6. The van der Waals surface area contributed by atoms with Gasteiger partial charge in [0.05, 0.1) is 31.5 Å². The predicted octanol–water partition coefficient (Wildman–Crippen LogP) is 3.56. The topological polar surface area (TPSA) is 99.9 Å². The molecule has 2 aromatic rings. The molecule has 2 rings (SSSR count). The summed E-state index contributed by atoms with van der Waals surface area (Å²) in [4.78, 5) is 25.0. The fourth-order valence-corrected chi connectivity index (χ4v) is 3.13. The molecule has 2 atom stereocenters. The van der Waals surface area contributed by atoms with Gasteiger partial charge in [0.15, 0.2) is 17.6 Å². The fourth-order valence-electron chi connectivity index (χ4n) is 3.13. The predicted molar refractivity (Wildman–Crippen MR) is 116 cm³/mol. The molecule has 8 heteroatoms. The molecule has 0 saturated carbocycles. The van der Waals surface area contributed by atoms with Gasteiger partial charge in [-0.05, 0) is 63.1 Å². The number of nitrogens with one attached hydrogen (secondary N) is 1. The van der Waals surface area contributed by atoms with Gasteiger partial charge in [-0.3, -0.25) is 4.79 Å². The standard InChI is InChI=1S/C23H29FN2O5/c1-13(31-23(2,3)4)20(22(28)30-6)26-21(27)16-9-7-15(12-18(16)25)14-8-10-19(29-5)17(24)11-14/h7-13,20H,25H2,1-6H3,(H,26,27)/t13?,20-/m0/s1. The van der Waals surface area contributed by atoms with E-state index in [1.807, 2.05) is 20.8 Å². The monoisotopic (exact) mass is 432 g/mol. The van der Waals surface area contributed by atoms with Crippen molar-refractivity contribution in [3.8, 4) is 16.9 Å². The highest BCUT2D eigenvalue weighted by Gasteiger charge is 2.32. The highest BCUT2D eigenvalue weighted by atomic mass is 19.1. The molecule has 0 aliphatic rings. The van der Waals surface area contributed by atoms with Gasteiger partial charge in [-0.25, -0.2) is 9.18 Å². The van der Waals surface area contributed by atoms with Gasteiger partial charge in [0.2, 0.25) is 0 Å². The van der Waals surface area contributed by atoms with Crippen LogP contribution in [0.25, 0.3) is 11.1 Å². The third-order valence-electron chi connectivity index (χ3n) is 4.53. The minimum atomic E-state index is -1.02. The van der Waals surface area contributed by atoms with Crippen LogP contribution in [0.4, 0.5) is 10.1 Å². The molecule has 168 valence electrons. The van der Waals surface area contributed by atoms with Crippen molar-refractivity contribution in [2.75, 3.05) is 20.0 Å². The molecule has 31 heavy (non-hydrogen) atoms. The average Bonchev–Trinajstić information content (AvgIpc) is 2.69. The van der Waals surface area contributed by atoms with Gasteiger partial charge >= 0.3 is 5.97 Å². The summed E-state index contributed by atoms with van der Waals surface area (Å²) in [6.07, 6.45) is -0.640. The van der Waals surface area contributed by atoms with Crippen LogP contribution in [-0.4, -0.2) is 43.8 Å². The van der Waals surface area contributed by atoms with Crippen molar-refractivity contribution in [2.24, 2.45) is 0 Å². The van der Waals surface area contributed by atoms with Crippen molar-refractivity contribution in [1.29, 1.82) is 0 Å². The Balaban J connectivity index is 2.26. The van der Waals surface area contributed by atoms with Gasteiger partial charge < -0.3 is 25.3 Å². The molecule has 0 heterocycles. The Kier molecular flexibility index (Phi) is 7.62. The van der Waals surface area contributed by atoms with Gasteiger partial charge in [0.1, 0.15) is 0 Å². The van der Waals surface area contributed by atoms with Crippen molar-refractivity contribution in [3.63, 3.8) is 0 Å². The molecule has 0 aromatic heterocycles. The second-order valence-corrected chi connectivity index (χ2v) is 8.06. The summed E-state index contributed by atoms with van der Waals surface area (Å²) in [5.41, 5.74) is 7.13. The van der Waals surface area contributed by atoms with Crippen LogP contribution in [0.15, 0.2) is 36.4 Å². The van der Waals surface area contributed by atoms with E-state index in [1.54, 1.807) is 25.1 Å². The lowest BCUT2D eigenvalue weighted by atomic mass is 10.0. The maximum atomic E-state index is 14.0. The lowest BCUT2D eigenvalue weighted by molar-refractivity contribution is -0.150. The number of ether oxygens (including phenoxy) is 3. The first-order chi connectivity index (χ1) is 14.5. The molecule has 0 radical (unpaired) electrons. The highest BCUT2D eigenvalue weighted by Crippen LogP contribution is 2.28. The second kappa shape index (κ2) is 9.78. The van der Waals surface area contributed by atoms with Gasteiger partial charge in [-0.2, -0.15) is 0 Å². The van der Waals surface area contributed by atoms with Crippen molar-refractivity contribution < 1.29 is 28.2 Å². The minimum Gasteiger partial charge on any atom is -0.494 e. The number of nitrogens with two attached hydrogens (primary N) is 1. The summed E-state index contributed by atoms with van der Waals surface area (Å²) in [6, 6.07) is 8.24. The van der Waals surface area contributed by atoms with E-state index >= 15 is 0 Å². The van der Waals surface area contributed by atoms with Crippen LogP contribution in [0.2, 0.25) is 0 Å². The molecule has 0 fully saturated rings. The normalized spacial score (nSPS) is 13.3. The number of benzene rings is 2. The van der Waals surface area contributed by atoms with Crippen LogP contribution in [-0.2, 0) is 14.3 Å². The first-order valence-electron chi connectivity index (χ1n) is 9.76. The molecular weight excluding hydrogens is 403 g/mol. The van der Waals surface area contributed by atoms with Gasteiger partial charge in [-0.15, -0.1) is 0 Å². The third kappa shape index (κ3) is 6.18. The van der Waals surface area contributed by atoms with E-state index in [2.05, 4.69) is 5.32 Å². The maximum absolute atomic E-state index is 14.0. The summed E-state index contributed by atoms with van der Waals surface area (Å²) >= 11 is 0. The van der Waals surface area contributed by atoms with Crippen LogP contribution < -0.4 is 15.8 Å². The molecular formula is C23H29FN2O5. The quantitative estimate of drug-likeness (QED) is 0.513. The molecule has 0 aliphatic carbocycles. The van der Waals surface area contributed by atoms with E-state index in [4.69, 9.17) is 19.9 Å². The number of carbonyl (C=O) groups excluding carboxylic acids is 2. The molecule has 1 unspecified atom stereocenters. The van der Waals surface area contributed by atoms with E-state index in [0.717, 1.165) is 0 Å². The Morgan fingerprint density at radius 1 is 1.06 bits per heavy atom. The molecule has 0 spiro atoms. The lowest BCUT2D eigenvalue weighted by Crippen LogP contribution is -2.51. The van der Waals surface area contributed by atoms with Crippen molar-refractivity contribution in [1.82, 2.24) is 5.32 Å². The summed E-state index contributed by atoms with van der Waals surface area (Å²) in [5, 5.41) is 2.64.